The predicted octanol–water partition coefficient (Wildman–Crippen LogP) is 2.88. The zero-order valence-corrected chi connectivity index (χ0v) is 15.4. The highest BCUT2D eigenvalue weighted by molar-refractivity contribution is 7.89. The lowest BCUT2D eigenvalue weighted by Gasteiger charge is -2.18. The van der Waals surface area contributed by atoms with E-state index in [-0.39, 0.29) is 11.4 Å². The number of rotatable bonds is 8. The van der Waals surface area contributed by atoms with Gasteiger partial charge in [0.25, 0.3) is 0 Å². The minimum absolute atomic E-state index is 0.157. The number of nitrogens with zero attached hydrogens (tertiary/aromatic N) is 2. The minimum Gasteiger partial charge on any atom is -0.300 e. The van der Waals surface area contributed by atoms with Gasteiger partial charge in [0, 0.05) is 13.1 Å². The molecule has 2 rings (SSSR count). The molecule has 0 aliphatic rings. The van der Waals surface area contributed by atoms with Crippen LogP contribution in [-0.2, 0) is 23.1 Å². The molecule has 0 fully saturated rings. The lowest BCUT2D eigenvalue weighted by molar-refractivity contribution is 0.296. The van der Waals surface area contributed by atoms with E-state index in [2.05, 4.69) is 23.5 Å². The summed E-state index contributed by atoms with van der Waals surface area (Å²) in [5, 5.41) is 8.77. The molecule has 0 amide bonds. The number of hydrogen-bond donors (Lipinski definition) is 1. The Kier molecular flexibility index (Phi) is 6.71. The van der Waals surface area contributed by atoms with Gasteiger partial charge >= 0.3 is 0 Å². The Balaban J connectivity index is 1.99. The third-order valence-electron chi connectivity index (χ3n) is 4.08. The van der Waals surface area contributed by atoms with E-state index in [1.54, 1.807) is 0 Å². The van der Waals surface area contributed by atoms with E-state index >= 15 is 0 Å². The fourth-order valence-corrected chi connectivity index (χ4v) is 3.46. The summed E-state index contributed by atoms with van der Waals surface area (Å²) in [7, 11) is -3.59. The van der Waals surface area contributed by atoms with Crippen molar-refractivity contribution in [2.75, 3.05) is 13.1 Å². The second kappa shape index (κ2) is 8.77. The van der Waals surface area contributed by atoms with Crippen molar-refractivity contribution in [2.45, 2.75) is 31.8 Å². The number of benzene rings is 2. The predicted molar refractivity (Wildman–Crippen MR) is 98.2 cm³/mol. The third-order valence-corrected chi connectivity index (χ3v) is 5.50. The van der Waals surface area contributed by atoms with Crippen molar-refractivity contribution in [1.82, 2.24) is 9.62 Å². The SMILES string of the molecule is CCN(CC)Cc1ccc(CNS(=O)(=O)c2ccc(C#N)cc2)cc1. The molecule has 0 spiro atoms. The Morgan fingerprint density at radius 2 is 1.52 bits per heavy atom. The summed E-state index contributed by atoms with van der Waals surface area (Å²) in [6.45, 7) is 7.40. The van der Waals surface area contributed by atoms with E-state index in [1.807, 2.05) is 30.3 Å². The second-order valence-corrected chi connectivity index (χ2v) is 7.51. The molecule has 2 aromatic rings. The van der Waals surface area contributed by atoms with E-state index in [0.717, 1.165) is 25.2 Å². The highest BCUT2D eigenvalue weighted by atomic mass is 32.2. The fourth-order valence-electron chi connectivity index (χ4n) is 2.44. The Bertz CT molecular complexity index is 818. The fraction of sp³-hybridized carbons (Fsp3) is 0.316. The summed E-state index contributed by atoms with van der Waals surface area (Å²) in [5.41, 5.74) is 2.55. The zero-order chi connectivity index (χ0) is 18.3. The first-order valence-corrected chi connectivity index (χ1v) is 9.76. The third kappa shape index (κ3) is 5.40. The van der Waals surface area contributed by atoms with Crippen molar-refractivity contribution in [2.24, 2.45) is 0 Å². The van der Waals surface area contributed by atoms with Gasteiger partial charge in [-0.2, -0.15) is 5.26 Å². The molecular weight excluding hydrogens is 334 g/mol. The Morgan fingerprint density at radius 3 is 2.04 bits per heavy atom. The molecule has 6 heteroatoms. The van der Waals surface area contributed by atoms with Crippen LogP contribution in [0.5, 0.6) is 0 Å². The van der Waals surface area contributed by atoms with E-state index in [4.69, 9.17) is 5.26 Å². The van der Waals surface area contributed by atoms with Gasteiger partial charge in [-0.05, 0) is 48.5 Å². The molecule has 25 heavy (non-hydrogen) atoms. The average Bonchev–Trinajstić information content (AvgIpc) is 2.65. The molecule has 0 radical (unpaired) electrons. The Labute approximate surface area is 150 Å². The van der Waals surface area contributed by atoms with Gasteiger partial charge in [-0.3, -0.25) is 4.90 Å². The highest BCUT2D eigenvalue weighted by Crippen LogP contribution is 2.12. The van der Waals surface area contributed by atoms with Gasteiger partial charge in [-0.1, -0.05) is 38.1 Å². The molecule has 1 N–H and O–H groups in total. The molecule has 0 aliphatic carbocycles. The van der Waals surface area contributed by atoms with Crippen LogP contribution in [0.2, 0.25) is 0 Å². The largest absolute Gasteiger partial charge is 0.300 e. The smallest absolute Gasteiger partial charge is 0.240 e. The normalized spacial score (nSPS) is 11.4. The van der Waals surface area contributed by atoms with Gasteiger partial charge in [0.1, 0.15) is 0 Å². The van der Waals surface area contributed by atoms with Gasteiger partial charge in [0.15, 0.2) is 0 Å². The molecule has 0 aliphatic heterocycles. The monoisotopic (exact) mass is 357 g/mol. The minimum atomic E-state index is -3.59. The summed E-state index contributed by atoms with van der Waals surface area (Å²) in [6, 6.07) is 15.8. The molecule has 0 bridgehead atoms. The van der Waals surface area contributed by atoms with Crippen molar-refractivity contribution in [3.05, 3.63) is 65.2 Å². The summed E-state index contributed by atoms with van der Waals surface area (Å²) in [6.07, 6.45) is 0. The van der Waals surface area contributed by atoms with E-state index in [9.17, 15) is 8.42 Å². The van der Waals surface area contributed by atoms with Crippen LogP contribution in [0, 0.1) is 11.3 Å². The van der Waals surface area contributed by atoms with Gasteiger partial charge in [0.2, 0.25) is 10.0 Å². The van der Waals surface area contributed by atoms with Gasteiger partial charge in [0.05, 0.1) is 16.5 Å². The number of nitrogens with one attached hydrogen (secondary N) is 1. The number of sulfonamides is 1. The Hall–Kier alpha value is -2.20. The summed E-state index contributed by atoms with van der Waals surface area (Å²) in [4.78, 5) is 2.48. The maximum atomic E-state index is 12.3. The molecule has 132 valence electrons. The topological polar surface area (TPSA) is 73.2 Å². The molecule has 0 saturated heterocycles. The molecular formula is C19H23N3O2S. The van der Waals surface area contributed by atoms with E-state index in [1.165, 1.54) is 29.8 Å². The molecule has 0 heterocycles. The van der Waals surface area contributed by atoms with Gasteiger partial charge < -0.3 is 0 Å². The quantitative estimate of drug-likeness (QED) is 0.788. The van der Waals surface area contributed by atoms with Crippen molar-refractivity contribution in [3.63, 3.8) is 0 Å². The van der Waals surface area contributed by atoms with Crippen molar-refractivity contribution in [1.29, 1.82) is 5.26 Å². The van der Waals surface area contributed by atoms with Crippen LogP contribution in [0.3, 0.4) is 0 Å². The lowest BCUT2D eigenvalue weighted by atomic mass is 10.1. The van der Waals surface area contributed by atoms with Crippen molar-refractivity contribution < 1.29 is 8.42 Å². The number of hydrogen-bond acceptors (Lipinski definition) is 4. The van der Waals surface area contributed by atoms with Crippen LogP contribution < -0.4 is 4.72 Å². The number of nitriles is 1. The molecule has 2 aromatic carbocycles. The summed E-state index contributed by atoms with van der Waals surface area (Å²) < 4.78 is 27.2. The van der Waals surface area contributed by atoms with Crippen molar-refractivity contribution >= 4 is 10.0 Å². The zero-order valence-electron chi connectivity index (χ0n) is 14.6. The molecule has 0 unspecified atom stereocenters. The molecule has 0 atom stereocenters. The van der Waals surface area contributed by atoms with Gasteiger partial charge in [-0.15, -0.1) is 0 Å². The average molecular weight is 357 g/mol. The first-order chi connectivity index (χ1) is 12.0. The van der Waals surface area contributed by atoms with Crippen LogP contribution in [0.25, 0.3) is 0 Å². The van der Waals surface area contributed by atoms with Crippen LogP contribution in [-0.4, -0.2) is 26.4 Å². The lowest BCUT2D eigenvalue weighted by Crippen LogP contribution is -2.23. The summed E-state index contributed by atoms with van der Waals surface area (Å²) in [5.74, 6) is 0. The molecule has 0 saturated carbocycles. The molecule has 0 aromatic heterocycles. The molecule has 5 nitrogen and oxygen atoms in total. The first-order valence-electron chi connectivity index (χ1n) is 8.28. The standard InChI is InChI=1S/C19H23N3O2S/c1-3-22(4-2)15-18-7-5-17(6-8-18)14-21-25(23,24)19-11-9-16(13-20)10-12-19/h5-12,21H,3-4,14-15H2,1-2H3. The van der Waals surface area contributed by atoms with Crippen molar-refractivity contribution in [3.8, 4) is 6.07 Å². The Morgan fingerprint density at radius 1 is 0.960 bits per heavy atom. The first kappa shape index (κ1) is 19.1. The van der Waals surface area contributed by atoms with E-state index in [0.29, 0.717) is 5.56 Å². The van der Waals surface area contributed by atoms with Crippen LogP contribution >= 0.6 is 0 Å². The summed E-state index contributed by atoms with van der Waals surface area (Å²) >= 11 is 0. The highest BCUT2D eigenvalue weighted by Gasteiger charge is 2.13. The van der Waals surface area contributed by atoms with Crippen LogP contribution in [0.4, 0.5) is 0 Å². The van der Waals surface area contributed by atoms with Gasteiger partial charge in [-0.25, -0.2) is 13.1 Å². The second-order valence-electron chi connectivity index (χ2n) is 5.74. The van der Waals surface area contributed by atoms with Crippen LogP contribution in [0.15, 0.2) is 53.4 Å². The van der Waals surface area contributed by atoms with Crippen LogP contribution in [0.1, 0.15) is 30.5 Å². The van der Waals surface area contributed by atoms with E-state index < -0.39 is 10.0 Å². The maximum absolute atomic E-state index is 12.3. The maximum Gasteiger partial charge on any atom is 0.240 e.